The lowest BCUT2D eigenvalue weighted by atomic mass is 10.3. The maximum atomic E-state index is 8.75. The van der Waals surface area contributed by atoms with Gasteiger partial charge in [-0.2, -0.15) is 17.0 Å². The van der Waals surface area contributed by atoms with Crippen LogP contribution >= 0.6 is 11.8 Å². The molecule has 1 atom stereocenters. The van der Waals surface area contributed by atoms with Crippen molar-refractivity contribution in [2.24, 2.45) is 0 Å². The molecule has 0 aromatic heterocycles. The third-order valence-corrected chi connectivity index (χ3v) is 2.86. The molecule has 0 radical (unpaired) electrons. The lowest BCUT2D eigenvalue weighted by Crippen LogP contribution is -2.31. The molecule has 1 unspecified atom stereocenters. The fourth-order valence-electron chi connectivity index (χ4n) is 0.801. The molecule has 0 N–H and O–H groups in total. The van der Waals surface area contributed by atoms with E-state index < -0.39 is 8.32 Å². The normalized spacial score (nSPS) is 13.9. The highest BCUT2D eigenvalue weighted by Crippen LogP contribution is 2.11. The van der Waals surface area contributed by atoms with Crippen LogP contribution in [0.4, 0.5) is 0 Å². The first-order chi connectivity index (χ1) is 5.49. The molecule has 0 rings (SSSR count). The zero-order valence-electron chi connectivity index (χ0n) is 8.26. The first-order valence-electron chi connectivity index (χ1n) is 4.06. The summed E-state index contributed by atoms with van der Waals surface area (Å²) in [4.78, 5) is 0. The molecule has 0 heterocycles. The van der Waals surface area contributed by atoms with Crippen molar-refractivity contribution in [3.8, 4) is 6.07 Å². The predicted octanol–water partition coefficient (Wildman–Crippen LogP) is 2.48. The summed E-state index contributed by atoms with van der Waals surface area (Å²) >= 11 is 1.76. The quantitative estimate of drug-likeness (QED) is 0.644. The monoisotopic (exact) mass is 203 g/mol. The molecular weight excluding hydrogens is 186 g/mol. The minimum atomic E-state index is -1.52. The molecule has 0 saturated carbocycles. The number of nitrogens with zero attached hydrogens (tertiary/aromatic N) is 1. The van der Waals surface area contributed by atoms with Crippen molar-refractivity contribution in [2.75, 3.05) is 12.0 Å². The van der Waals surface area contributed by atoms with Crippen LogP contribution in [0.5, 0.6) is 0 Å². The zero-order valence-corrected chi connectivity index (χ0v) is 10.1. The van der Waals surface area contributed by atoms with E-state index in [1.54, 1.807) is 11.8 Å². The Kier molecular flexibility index (Phi) is 5.63. The van der Waals surface area contributed by atoms with Gasteiger partial charge in [0.2, 0.25) is 0 Å². The Morgan fingerprint density at radius 1 is 1.50 bits per heavy atom. The van der Waals surface area contributed by atoms with Gasteiger partial charge in [0.05, 0.1) is 6.07 Å². The molecule has 0 aromatic carbocycles. The fraction of sp³-hybridized carbons (Fsp3) is 0.875. The standard InChI is InChI=1S/C8H17NOSSi/c1-11-6-5-8(7-9)10-12(2,3)4/h8H,5-6H2,1-4H3. The number of hydrogen-bond acceptors (Lipinski definition) is 3. The first-order valence-corrected chi connectivity index (χ1v) is 8.86. The van der Waals surface area contributed by atoms with Crippen molar-refractivity contribution in [1.29, 1.82) is 5.26 Å². The lowest BCUT2D eigenvalue weighted by molar-refractivity contribution is 0.246. The Morgan fingerprint density at radius 2 is 2.08 bits per heavy atom. The van der Waals surface area contributed by atoms with Gasteiger partial charge in [-0.15, -0.1) is 0 Å². The van der Waals surface area contributed by atoms with Crippen molar-refractivity contribution in [3.05, 3.63) is 0 Å². The number of rotatable bonds is 5. The predicted molar refractivity (Wildman–Crippen MR) is 56.8 cm³/mol. The summed E-state index contributed by atoms with van der Waals surface area (Å²) in [5.41, 5.74) is 0. The number of hydrogen-bond donors (Lipinski definition) is 0. The van der Waals surface area contributed by atoms with Crippen LogP contribution in [-0.4, -0.2) is 26.4 Å². The Morgan fingerprint density at radius 3 is 2.42 bits per heavy atom. The summed E-state index contributed by atoms with van der Waals surface area (Å²) in [5.74, 6) is 1.00. The van der Waals surface area contributed by atoms with Crippen LogP contribution < -0.4 is 0 Å². The molecule has 0 spiro atoms. The molecular formula is C8H17NOSSi. The van der Waals surface area contributed by atoms with Crippen LogP contribution in [-0.2, 0) is 4.43 Å². The van der Waals surface area contributed by atoms with Gasteiger partial charge in [-0.05, 0) is 38.1 Å². The molecule has 0 fully saturated rings. The summed E-state index contributed by atoms with van der Waals surface area (Å²) in [6.07, 6.45) is 2.70. The largest absolute Gasteiger partial charge is 0.402 e. The van der Waals surface area contributed by atoms with Gasteiger partial charge in [0.15, 0.2) is 8.32 Å². The fourth-order valence-corrected chi connectivity index (χ4v) is 2.28. The van der Waals surface area contributed by atoms with Crippen molar-refractivity contribution >= 4 is 20.1 Å². The van der Waals surface area contributed by atoms with E-state index in [-0.39, 0.29) is 6.10 Å². The Balaban J connectivity index is 3.78. The Bertz CT molecular complexity index is 161. The number of thioether (sulfide) groups is 1. The average molecular weight is 203 g/mol. The topological polar surface area (TPSA) is 33.0 Å². The molecule has 0 aliphatic carbocycles. The van der Waals surface area contributed by atoms with E-state index in [4.69, 9.17) is 9.69 Å². The van der Waals surface area contributed by atoms with Crippen molar-refractivity contribution < 1.29 is 4.43 Å². The summed E-state index contributed by atoms with van der Waals surface area (Å²) in [6, 6.07) is 2.19. The molecule has 0 aromatic rings. The summed E-state index contributed by atoms with van der Waals surface area (Å²) < 4.78 is 5.65. The minimum Gasteiger partial charge on any atom is -0.402 e. The van der Waals surface area contributed by atoms with Gasteiger partial charge in [-0.3, -0.25) is 0 Å². The summed E-state index contributed by atoms with van der Waals surface area (Å²) in [7, 11) is -1.52. The molecule has 70 valence electrons. The second kappa shape index (κ2) is 5.63. The molecule has 0 aliphatic rings. The van der Waals surface area contributed by atoms with Gasteiger partial charge in [0.25, 0.3) is 0 Å². The SMILES string of the molecule is CSCCC(C#N)O[Si](C)(C)C. The van der Waals surface area contributed by atoms with Gasteiger partial charge in [0.1, 0.15) is 6.10 Å². The van der Waals surface area contributed by atoms with E-state index in [1.165, 1.54) is 0 Å². The van der Waals surface area contributed by atoms with Crippen LogP contribution in [0.3, 0.4) is 0 Å². The molecule has 0 saturated heterocycles. The van der Waals surface area contributed by atoms with Crippen molar-refractivity contribution in [1.82, 2.24) is 0 Å². The van der Waals surface area contributed by atoms with Crippen LogP contribution in [0.25, 0.3) is 0 Å². The van der Waals surface area contributed by atoms with Crippen LogP contribution in [0.15, 0.2) is 0 Å². The van der Waals surface area contributed by atoms with E-state index in [2.05, 4.69) is 25.7 Å². The second-order valence-electron chi connectivity index (χ2n) is 3.63. The van der Waals surface area contributed by atoms with Gasteiger partial charge in [-0.25, -0.2) is 0 Å². The maximum absolute atomic E-state index is 8.75. The van der Waals surface area contributed by atoms with Crippen LogP contribution in [0.2, 0.25) is 19.6 Å². The number of nitriles is 1. The Hall–Kier alpha value is 0.0169. The molecule has 0 bridgehead atoms. The third-order valence-electron chi connectivity index (χ3n) is 1.22. The van der Waals surface area contributed by atoms with Gasteiger partial charge in [-0.1, -0.05) is 0 Å². The maximum Gasteiger partial charge on any atom is 0.185 e. The van der Waals surface area contributed by atoms with Crippen molar-refractivity contribution in [2.45, 2.75) is 32.2 Å². The highest BCUT2D eigenvalue weighted by molar-refractivity contribution is 7.98. The first kappa shape index (κ1) is 12.0. The highest BCUT2D eigenvalue weighted by atomic mass is 32.2. The molecule has 12 heavy (non-hydrogen) atoms. The zero-order chi connectivity index (χ0) is 9.61. The van der Waals surface area contributed by atoms with Crippen LogP contribution in [0.1, 0.15) is 6.42 Å². The summed E-state index contributed by atoms with van der Waals surface area (Å²) in [5, 5.41) is 8.75. The van der Waals surface area contributed by atoms with Gasteiger partial charge < -0.3 is 4.43 Å². The van der Waals surface area contributed by atoms with E-state index in [1.807, 2.05) is 6.26 Å². The molecule has 0 amide bonds. The molecule has 4 heteroatoms. The average Bonchev–Trinajstić information content (AvgIpc) is 1.95. The van der Waals surface area contributed by atoms with Crippen molar-refractivity contribution in [3.63, 3.8) is 0 Å². The van der Waals surface area contributed by atoms with E-state index in [9.17, 15) is 0 Å². The molecule has 2 nitrogen and oxygen atoms in total. The third kappa shape index (κ3) is 6.71. The molecule has 0 aliphatic heterocycles. The Labute approximate surface area is 80.4 Å². The van der Waals surface area contributed by atoms with Crippen LogP contribution in [0, 0.1) is 11.3 Å². The minimum absolute atomic E-state index is 0.191. The van der Waals surface area contributed by atoms with E-state index in [0.29, 0.717) is 0 Å². The van der Waals surface area contributed by atoms with E-state index in [0.717, 1.165) is 12.2 Å². The van der Waals surface area contributed by atoms with Gasteiger partial charge >= 0.3 is 0 Å². The second-order valence-corrected chi connectivity index (χ2v) is 9.08. The lowest BCUT2D eigenvalue weighted by Gasteiger charge is -2.21. The smallest absolute Gasteiger partial charge is 0.185 e. The van der Waals surface area contributed by atoms with Gasteiger partial charge in [0, 0.05) is 0 Å². The summed E-state index contributed by atoms with van der Waals surface area (Å²) in [6.45, 7) is 6.32. The van der Waals surface area contributed by atoms with E-state index >= 15 is 0 Å². The highest BCUT2D eigenvalue weighted by Gasteiger charge is 2.20.